The Labute approximate surface area is 133 Å². The quantitative estimate of drug-likeness (QED) is 0.621. The lowest BCUT2D eigenvalue weighted by molar-refractivity contribution is -0.127. The molecule has 1 aromatic rings. The smallest absolute Gasteiger partial charge is 0.265 e. The Morgan fingerprint density at radius 3 is 2.22 bits per heavy atom. The molecule has 18 heavy (non-hydrogen) atoms. The van der Waals surface area contributed by atoms with E-state index in [-0.39, 0.29) is 5.91 Å². The maximum atomic E-state index is 12.2. The first-order valence-electron chi connectivity index (χ1n) is 5.37. The highest BCUT2D eigenvalue weighted by Gasteiger charge is 2.32. The van der Waals surface area contributed by atoms with Gasteiger partial charge in [-0.2, -0.15) is 0 Å². The molecule has 98 valence electrons. The molecule has 1 aromatic carbocycles. The molecule has 5 heteroatoms. The first kappa shape index (κ1) is 15.9. The zero-order valence-corrected chi connectivity index (χ0v) is 14.9. The fourth-order valence-corrected chi connectivity index (χ4v) is 2.11. The van der Waals surface area contributed by atoms with Crippen molar-refractivity contribution in [3.8, 4) is 0 Å². The molecule has 0 heterocycles. The summed E-state index contributed by atoms with van der Waals surface area (Å²) in [5, 5.41) is 0. The van der Waals surface area contributed by atoms with Crippen LogP contribution in [-0.2, 0) is 11.3 Å². The van der Waals surface area contributed by atoms with E-state index in [4.69, 9.17) is 0 Å². The van der Waals surface area contributed by atoms with Crippen molar-refractivity contribution in [2.45, 2.75) is 22.5 Å². The predicted octanol–water partition coefficient (Wildman–Crippen LogP) is 4.78. The second kappa shape index (κ2) is 6.87. The van der Waals surface area contributed by atoms with Crippen molar-refractivity contribution in [1.29, 1.82) is 0 Å². The van der Waals surface area contributed by atoms with E-state index in [1.165, 1.54) is 0 Å². The summed E-state index contributed by atoms with van der Waals surface area (Å²) in [5.41, 5.74) is 2.15. The van der Waals surface area contributed by atoms with Crippen molar-refractivity contribution in [2.24, 2.45) is 0 Å². The lowest BCUT2D eigenvalue weighted by atomic mass is 10.2. The molecular weight excluding hydrogens is 426 g/mol. The van der Waals surface area contributed by atoms with Gasteiger partial charge in [0.1, 0.15) is 0 Å². The number of allylic oxidation sites excluding steroid dienone is 1. The van der Waals surface area contributed by atoms with Gasteiger partial charge in [-0.25, -0.2) is 0 Å². The molecule has 2 nitrogen and oxygen atoms in total. The number of rotatable bonds is 3. The van der Waals surface area contributed by atoms with Crippen molar-refractivity contribution in [3.63, 3.8) is 0 Å². The minimum atomic E-state index is -0.923. The van der Waals surface area contributed by atoms with Crippen LogP contribution in [-0.4, -0.2) is 12.9 Å². The van der Waals surface area contributed by atoms with Crippen LogP contribution in [0, 0.1) is 0 Å². The van der Waals surface area contributed by atoms with Gasteiger partial charge >= 0.3 is 0 Å². The first-order valence-corrected chi connectivity index (χ1v) is 7.75. The van der Waals surface area contributed by atoms with E-state index in [0.717, 1.165) is 11.1 Å². The van der Waals surface area contributed by atoms with E-state index >= 15 is 0 Å². The molecular formula is C13H14Br3NO. The number of hydrogen-bond acceptors (Lipinski definition) is 1. The van der Waals surface area contributed by atoms with Gasteiger partial charge in [-0.15, -0.1) is 0 Å². The highest BCUT2D eigenvalue weighted by Crippen LogP contribution is 2.36. The lowest BCUT2D eigenvalue weighted by Gasteiger charge is -2.24. The number of alkyl halides is 3. The molecule has 0 unspecified atom stereocenters. The van der Waals surface area contributed by atoms with E-state index in [2.05, 4.69) is 47.8 Å². The minimum Gasteiger partial charge on any atom is -0.312 e. The van der Waals surface area contributed by atoms with Gasteiger partial charge in [-0.3, -0.25) is 4.79 Å². The Balaban J connectivity index is 2.94. The molecule has 0 aliphatic carbocycles. The number of benzene rings is 1. The fourth-order valence-electron chi connectivity index (χ4n) is 1.43. The van der Waals surface area contributed by atoms with E-state index < -0.39 is 2.14 Å². The summed E-state index contributed by atoms with van der Waals surface area (Å²) in [6, 6.07) is 9.88. The summed E-state index contributed by atoms with van der Waals surface area (Å²) >= 11 is 9.78. The SMILES string of the molecule is CC(C)=CN(Cc1ccccc1)C(=O)C(Br)(Br)Br. The van der Waals surface area contributed by atoms with Crippen LogP contribution in [0.5, 0.6) is 0 Å². The molecule has 0 saturated heterocycles. The second-order valence-corrected chi connectivity index (χ2v) is 10.9. The molecule has 1 rings (SSSR count). The normalized spacial score (nSPS) is 10.9. The van der Waals surface area contributed by atoms with Gasteiger partial charge in [0, 0.05) is 6.20 Å². The third kappa shape index (κ3) is 5.24. The zero-order valence-electron chi connectivity index (χ0n) is 10.2. The van der Waals surface area contributed by atoms with Crippen LogP contribution >= 0.6 is 47.8 Å². The van der Waals surface area contributed by atoms with Crippen molar-refractivity contribution in [2.75, 3.05) is 0 Å². The molecule has 0 bridgehead atoms. The van der Waals surface area contributed by atoms with Crippen LogP contribution in [0.25, 0.3) is 0 Å². The van der Waals surface area contributed by atoms with E-state index in [0.29, 0.717) is 6.54 Å². The van der Waals surface area contributed by atoms with E-state index in [1.807, 2.05) is 50.4 Å². The van der Waals surface area contributed by atoms with E-state index in [9.17, 15) is 4.79 Å². The minimum absolute atomic E-state index is 0.104. The van der Waals surface area contributed by atoms with E-state index in [1.54, 1.807) is 4.90 Å². The molecule has 0 aliphatic heterocycles. The van der Waals surface area contributed by atoms with Gasteiger partial charge in [0.25, 0.3) is 5.91 Å². The molecule has 0 N–H and O–H groups in total. The van der Waals surface area contributed by atoms with Gasteiger partial charge in [-0.05, 0) is 67.2 Å². The van der Waals surface area contributed by atoms with Crippen molar-refractivity contribution >= 4 is 53.7 Å². The Morgan fingerprint density at radius 1 is 1.22 bits per heavy atom. The lowest BCUT2D eigenvalue weighted by Crippen LogP contribution is -2.34. The zero-order chi connectivity index (χ0) is 13.8. The van der Waals surface area contributed by atoms with Crippen LogP contribution in [0.1, 0.15) is 19.4 Å². The third-order valence-corrected chi connectivity index (χ3v) is 3.13. The van der Waals surface area contributed by atoms with Crippen molar-refractivity contribution < 1.29 is 4.79 Å². The van der Waals surface area contributed by atoms with Gasteiger partial charge in [0.15, 0.2) is 0 Å². The third-order valence-electron chi connectivity index (χ3n) is 2.11. The number of carbonyl (C=O) groups is 1. The van der Waals surface area contributed by atoms with Crippen molar-refractivity contribution in [1.82, 2.24) is 4.90 Å². The topological polar surface area (TPSA) is 20.3 Å². The Kier molecular flexibility index (Phi) is 6.08. The largest absolute Gasteiger partial charge is 0.312 e. The summed E-state index contributed by atoms with van der Waals surface area (Å²) in [6.07, 6.45) is 1.84. The molecule has 0 saturated carbocycles. The summed E-state index contributed by atoms with van der Waals surface area (Å²) in [5.74, 6) is -0.104. The first-order chi connectivity index (χ1) is 8.30. The average Bonchev–Trinajstić information content (AvgIpc) is 2.26. The van der Waals surface area contributed by atoms with Crippen LogP contribution in [0.4, 0.5) is 0 Å². The highest BCUT2D eigenvalue weighted by atomic mass is 80.0. The number of nitrogens with zero attached hydrogens (tertiary/aromatic N) is 1. The Hall–Kier alpha value is -0.130. The van der Waals surface area contributed by atoms with Crippen LogP contribution in [0.15, 0.2) is 42.1 Å². The molecule has 0 atom stereocenters. The highest BCUT2D eigenvalue weighted by molar-refractivity contribution is 9.40. The summed E-state index contributed by atoms with van der Waals surface area (Å²) < 4.78 is -0.923. The molecule has 0 aliphatic rings. The Morgan fingerprint density at radius 2 is 1.78 bits per heavy atom. The fraction of sp³-hybridized carbons (Fsp3) is 0.308. The van der Waals surface area contributed by atoms with Crippen LogP contribution in [0.3, 0.4) is 0 Å². The number of carbonyl (C=O) groups excluding carboxylic acids is 1. The molecule has 0 radical (unpaired) electrons. The molecule has 0 aromatic heterocycles. The number of hydrogen-bond donors (Lipinski definition) is 0. The standard InChI is InChI=1S/C13H14Br3NO/c1-10(2)8-17(12(18)13(14,15)16)9-11-6-4-3-5-7-11/h3-8H,9H2,1-2H3. The number of halogens is 3. The van der Waals surface area contributed by atoms with Crippen LogP contribution in [0.2, 0.25) is 0 Å². The van der Waals surface area contributed by atoms with Crippen LogP contribution < -0.4 is 0 Å². The van der Waals surface area contributed by atoms with Gasteiger partial charge in [0.2, 0.25) is 2.14 Å². The summed E-state index contributed by atoms with van der Waals surface area (Å²) in [7, 11) is 0. The predicted molar refractivity (Wildman–Crippen MR) is 85.9 cm³/mol. The second-order valence-electron chi connectivity index (χ2n) is 4.12. The number of amides is 1. The molecule has 1 amide bonds. The monoisotopic (exact) mass is 437 g/mol. The average molecular weight is 440 g/mol. The van der Waals surface area contributed by atoms with Crippen molar-refractivity contribution in [3.05, 3.63) is 47.7 Å². The molecule has 0 fully saturated rings. The summed E-state index contributed by atoms with van der Waals surface area (Å²) in [6.45, 7) is 4.46. The van der Waals surface area contributed by atoms with Gasteiger partial charge in [-0.1, -0.05) is 35.9 Å². The maximum absolute atomic E-state index is 12.2. The maximum Gasteiger partial charge on any atom is 0.265 e. The Bertz CT molecular complexity index is 433. The molecule has 0 spiro atoms. The summed E-state index contributed by atoms with van der Waals surface area (Å²) in [4.78, 5) is 13.9. The van der Waals surface area contributed by atoms with Gasteiger partial charge in [0.05, 0.1) is 6.54 Å². The van der Waals surface area contributed by atoms with Gasteiger partial charge < -0.3 is 4.90 Å².